The van der Waals surface area contributed by atoms with Crippen molar-refractivity contribution in [1.82, 2.24) is 0 Å². The standard InChI is InChI=1S/C15H12F3NO/c16-15(17,18)11-7-5-10(6-8-11)13-9-20-14-4-2-1-3-12(14)19-13/h1-8,13,19H,9H2. The van der Waals surface area contributed by atoms with Crippen LogP contribution in [0.25, 0.3) is 0 Å². The number of nitrogens with one attached hydrogen (secondary N) is 1. The summed E-state index contributed by atoms with van der Waals surface area (Å²) in [5.41, 5.74) is 0.981. The molecule has 1 unspecified atom stereocenters. The molecule has 2 aromatic carbocycles. The molecule has 5 heteroatoms. The van der Waals surface area contributed by atoms with Crippen LogP contribution in [0.5, 0.6) is 5.75 Å². The minimum Gasteiger partial charge on any atom is -0.489 e. The number of anilines is 1. The van der Waals surface area contributed by atoms with Crippen molar-refractivity contribution >= 4 is 5.69 Å². The number of halogens is 3. The highest BCUT2D eigenvalue weighted by Crippen LogP contribution is 2.34. The number of para-hydroxylation sites is 2. The van der Waals surface area contributed by atoms with Crippen molar-refractivity contribution in [3.63, 3.8) is 0 Å². The number of hydrogen-bond acceptors (Lipinski definition) is 2. The Hall–Kier alpha value is -2.17. The predicted molar refractivity (Wildman–Crippen MR) is 69.7 cm³/mol. The summed E-state index contributed by atoms with van der Waals surface area (Å²) >= 11 is 0. The van der Waals surface area contributed by atoms with Gasteiger partial charge >= 0.3 is 6.18 Å². The Morgan fingerprint density at radius 1 is 1.00 bits per heavy atom. The number of rotatable bonds is 1. The molecule has 0 saturated heterocycles. The van der Waals surface area contributed by atoms with Gasteiger partial charge in [-0.1, -0.05) is 24.3 Å². The second-order valence-corrected chi connectivity index (χ2v) is 4.62. The summed E-state index contributed by atoms with van der Waals surface area (Å²) in [5, 5.41) is 3.27. The van der Waals surface area contributed by atoms with E-state index in [0.717, 1.165) is 29.1 Å². The lowest BCUT2D eigenvalue weighted by Crippen LogP contribution is -2.23. The van der Waals surface area contributed by atoms with E-state index in [-0.39, 0.29) is 6.04 Å². The molecular weight excluding hydrogens is 267 g/mol. The third-order valence-electron chi connectivity index (χ3n) is 3.26. The molecule has 1 heterocycles. The van der Waals surface area contributed by atoms with Gasteiger partial charge in [0.25, 0.3) is 0 Å². The third kappa shape index (κ3) is 2.43. The maximum Gasteiger partial charge on any atom is 0.416 e. The first-order valence-electron chi connectivity index (χ1n) is 6.19. The van der Waals surface area contributed by atoms with Crippen LogP contribution in [0.4, 0.5) is 18.9 Å². The lowest BCUT2D eigenvalue weighted by atomic mass is 10.0. The number of alkyl halides is 3. The van der Waals surface area contributed by atoms with Crippen LogP contribution in [-0.4, -0.2) is 6.61 Å². The summed E-state index contributed by atoms with van der Waals surface area (Å²) < 4.78 is 43.2. The molecule has 20 heavy (non-hydrogen) atoms. The van der Waals surface area contributed by atoms with Gasteiger partial charge in [0.2, 0.25) is 0 Å². The van der Waals surface area contributed by atoms with Crippen molar-refractivity contribution in [3.8, 4) is 5.75 Å². The second-order valence-electron chi connectivity index (χ2n) is 4.62. The fraction of sp³-hybridized carbons (Fsp3) is 0.200. The van der Waals surface area contributed by atoms with E-state index in [1.807, 2.05) is 24.3 Å². The van der Waals surface area contributed by atoms with Gasteiger partial charge in [0, 0.05) is 0 Å². The smallest absolute Gasteiger partial charge is 0.416 e. The summed E-state index contributed by atoms with van der Waals surface area (Å²) in [7, 11) is 0. The Morgan fingerprint density at radius 2 is 1.70 bits per heavy atom. The van der Waals surface area contributed by atoms with E-state index in [9.17, 15) is 13.2 Å². The Kier molecular flexibility index (Phi) is 3.04. The van der Waals surface area contributed by atoms with Crippen molar-refractivity contribution in [3.05, 3.63) is 59.7 Å². The van der Waals surface area contributed by atoms with Gasteiger partial charge in [-0.05, 0) is 29.8 Å². The Balaban J connectivity index is 1.81. The van der Waals surface area contributed by atoms with Crippen LogP contribution in [0.1, 0.15) is 17.2 Å². The summed E-state index contributed by atoms with van der Waals surface area (Å²) in [6, 6.07) is 12.5. The van der Waals surface area contributed by atoms with Crippen LogP contribution in [0.15, 0.2) is 48.5 Å². The Labute approximate surface area is 114 Å². The van der Waals surface area contributed by atoms with E-state index in [4.69, 9.17) is 4.74 Å². The fourth-order valence-corrected chi connectivity index (χ4v) is 2.20. The number of benzene rings is 2. The SMILES string of the molecule is FC(F)(F)c1ccc(C2COc3ccccc3N2)cc1. The van der Waals surface area contributed by atoms with Gasteiger partial charge in [0.05, 0.1) is 17.3 Å². The molecule has 1 aliphatic heterocycles. The molecule has 2 aromatic rings. The first-order chi connectivity index (χ1) is 9.54. The van der Waals surface area contributed by atoms with E-state index in [1.165, 1.54) is 12.1 Å². The quantitative estimate of drug-likeness (QED) is 0.842. The van der Waals surface area contributed by atoms with Crippen molar-refractivity contribution in [2.45, 2.75) is 12.2 Å². The van der Waals surface area contributed by atoms with Crippen molar-refractivity contribution in [2.75, 3.05) is 11.9 Å². The average Bonchev–Trinajstić information content (AvgIpc) is 2.46. The summed E-state index contributed by atoms with van der Waals surface area (Å²) in [6.45, 7) is 0.391. The van der Waals surface area contributed by atoms with Gasteiger partial charge in [-0.25, -0.2) is 0 Å². The molecule has 0 bridgehead atoms. The maximum atomic E-state index is 12.5. The fourth-order valence-electron chi connectivity index (χ4n) is 2.20. The van der Waals surface area contributed by atoms with E-state index < -0.39 is 11.7 Å². The molecule has 1 N–H and O–H groups in total. The molecule has 0 radical (unpaired) electrons. The van der Waals surface area contributed by atoms with Gasteiger partial charge in [0.15, 0.2) is 0 Å². The number of fused-ring (bicyclic) bond motifs is 1. The van der Waals surface area contributed by atoms with E-state index in [2.05, 4.69) is 5.32 Å². The van der Waals surface area contributed by atoms with Crippen LogP contribution in [-0.2, 0) is 6.18 Å². The number of hydrogen-bond donors (Lipinski definition) is 1. The zero-order chi connectivity index (χ0) is 14.2. The van der Waals surface area contributed by atoms with Gasteiger partial charge in [0.1, 0.15) is 12.4 Å². The predicted octanol–water partition coefficient (Wildman–Crippen LogP) is 4.25. The van der Waals surface area contributed by atoms with E-state index >= 15 is 0 Å². The monoisotopic (exact) mass is 279 g/mol. The minimum absolute atomic E-state index is 0.146. The first-order valence-corrected chi connectivity index (χ1v) is 6.19. The highest BCUT2D eigenvalue weighted by molar-refractivity contribution is 5.59. The van der Waals surface area contributed by atoms with Crippen LogP contribution >= 0.6 is 0 Å². The molecule has 1 aliphatic rings. The third-order valence-corrected chi connectivity index (χ3v) is 3.26. The number of ether oxygens (including phenoxy) is 1. The van der Waals surface area contributed by atoms with Crippen molar-refractivity contribution in [1.29, 1.82) is 0 Å². The lowest BCUT2D eigenvalue weighted by Gasteiger charge is -2.27. The molecule has 0 fully saturated rings. The lowest BCUT2D eigenvalue weighted by molar-refractivity contribution is -0.137. The molecule has 0 aromatic heterocycles. The van der Waals surface area contributed by atoms with Crippen LogP contribution in [0, 0.1) is 0 Å². The van der Waals surface area contributed by atoms with Gasteiger partial charge in [-0.3, -0.25) is 0 Å². The summed E-state index contributed by atoms with van der Waals surface area (Å²) in [5.74, 6) is 0.760. The highest BCUT2D eigenvalue weighted by Gasteiger charge is 2.30. The van der Waals surface area contributed by atoms with E-state index in [0.29, 0.717) is 6.61 Å². The molecule has 1 atom stereocenters. The van der Waals surface area contributed by atoms with Gasteiger partial charge in [-0.15, -0.1) is 0 Å². The Bertz CT molecular complexity index is 607. The molecule has 0 saturated carbocycles. The normalized spacial score (nSPS) is 17.9. The second kappa shape index (κ2) is 4.74. The maximum absolute atomic E-state index is 12.5. The zero-order valence-electron chi connectivity index (χ0n) is 10.4. The van der Waals surface area contributed by atoms with E-state index in [1.54, 1.807) is 0 Å². The molecular formula is C15H12F3NO. The molecule has 104 valence electrons. The first kappa shape index (κ1) is 12.8. The summed E-state index contributed by atoms with van der Waals surface area (Å²) in [6.07, 6.45) is -4.30. The topological polar surface area (TPSA) is 21.3 Å². The molecule has 0 aliphatic carbocycles. The Morgan fingerprint density at radius 3 is 2.40 bits per heavy atom. The molecule has 2 nitrogen and oxygen atoms in total. The van der Waals surface area contributed by atoms with Gasteiger partial charge in [-0.2, -0.15) is 13.2 Å². The highest BCUT2D eigenvalue weighted by atomic mass is 19.4. The molecule has 3 rings (SSSR count). The minimum atomic E-state index is -4.30. The van der Waals surface area contributed by atoms with Gasteiger partial charge < -0.3 is 10.1 Å². The van der Waals surface area contributed by atoms with Crippen molar-refractivity contribution in [2.24, 2.45) is 0 Å². The largest absolute Gasteiger partial charge is 0.489 e. The molecule has 0 spiro atoms. The van der Waals surface area contributed by atoms with Crippen LogP contribution < -0.4 is 10.1 Å². The summed E-state index contributed by atoms with van der Waals surface area (Å²) in [4.78, 5) is 0. The van der Waals surface area contributed by atoms with Crippen molar-refractivity contribution < 1.29 is 17.9 Å². The average molecular weight is 279 g/mol. The zero-order valence-corrected chi connectivity index (χ0v) is 10.4. The van der Waals surface area contributed by atoms with Crippen LogP contribution in [0.3, 0.4) is 0 Å². The van der Waals surface area contributed by atoms with Crippen LogP contribution in [0.2, 0.25) is 0 Å². The molecule has 0 amide bonds.